The van der Waals surface area contributed by atoms with E-state index in [2.05, 4.69) is 30.1 Å². The molecule has 2 heteroatoms. The molecule has 0 heterocycles. The van der Waals surface area contributed by atoms with Crippen molar-refractivity contribution in [2.45, 2.75) is 25.7 Å². The van der Waals surface area contributed by atoms with E-state index in [-0.39, 0.29) is 0 Å². The highest BCUT2D eigenvalue weighted by atomic mass is 16.5. The molecule has 0 N–H and O–H groups in total. The molecule has 0 unspecified atom stereocenters. The van der Waals surface area contributed by atoms with Gasteiger partial charge in [0.2, 0.25) is 0 Å². The van der Waals surface area contributed by atoms with Gasteiger partial charge in [-0.3, -0.25) is 0 Å². The van der Waals surface area contributed by atoms with Crippen molar-refractivity contribution in [3.63, 3.8) is 0 Å². The zero-order chi connectivity index (χ0) is 10.7. The fourth-order valence-corrected chi connectivity index (χ4v) is 2.23. The van der Waals surface area contributed by atoms with E-state index in [0.717, 1.165) is 0 Å². The number of hydrogen-bond acceptors (Lipinski definition) is 2. The van der Waals surface area contributed by atoms with Gasteiger partial charge in [-0.25, -0.2) is 0 Å². The van der Waals surface area contributed by atoms with Gasteiger partial charge < -0.3 is 9.64 Å². The molecule has 1 aliphatic carbocycles. The summed E-state index contributed by atoms with van der Waals surface area (Å²) in [6, 6.07) is 6.78. The number of benzene rings is 1. The molecule has 0 saturated carbocycles. The van der Waals surface area contributed by atoms with Crippen LogP contribution in [0.4, 0.5) is 5.69 Å². The van der Waals surface area contributed by atoms with Gasteiger partial charge in [0, 0.05) is 19.8 Å². The molecule has 0 amide bonds. The van der Waals surface area contributed by atoms with E-state index in [0.29, 0.717) is 6.73 Å². The third-order valence-corrected chi connectivity index (χ3v) is 3.10. The van der Waals surface area contributed by atoms with Crippen LogP contribution in [0.25, 0.3) is 0 Å². The van der Waals surface area contributed by atoms with Crippen LogP contribution in [-0.2, 0) is 17.6 Å². The molecule has 0 fully saturated rings. The normalized spacial score (nSPS) is 14.8. The number of fused-ring (bicyclic) bond motifs is 1. The van der Waals surface area contributed by atoms with Crippen molar-refractivity contribution < 1.29 is 4.74 Å². The molecule has 15 heavy (non-hydrogen) atoms. The number of rotatable bonds is 3. The molecular formula is C13H19NO. The molecule has 82 valence electrons. The Labute approximate surface area is 91.9 Å². The number of nitrogens with zero attached hydrogens (tertiary/aromatic N) is 1. The summed E-state index contributed by atoms with van der Waals surface area (Å²) in [5.74, 6) is 0. The van der Waals surface area contributed by atoms with E-state index >= 15 is 0 Å². The lowest BCUT2D eigenvalue weighted by Crippen LogP contribution is -2.20. The van der Waals surface area contributed by atoms with Crippen molar-refractivity contribution in [1.29, 1.82) is 0 Å². The van der Waals surface area contributed by atoms with Crippen LogP contribution < -0.4 is 4.90 Å². The van der Waals surface area contributed by atoms with Gasteiger partial charge in [0.1, 0.15) is 6.73 Å². The smallest absolute Gasteiger partial charge is 0.118 e. The van der Waals surface area contributed by atoms with E-state index in [9.17, 15) is 0 Å². The second-order valence-corrected chi connectivity index (χ2v) is 4.28. The highest BCUT2D eigenvalue weighted by molar-refractivity contribution is 5.50. The van der Waals surface area contributed by atoms with Gasteiger partial charge in [0.15, 0.2) is 0 Å². The zero-order valence-corrected chi connectivity index (χ0v) is 9.62. The maximum absolute atomic E-state index is 5.13. The van der Waals surface area contributed by atoms with Crippen molar-refractivity contribution in [2.75, 3.05) is 25.8 Å². The van der Waals surface area contributed by atoms with Gasteiger partial charge in [0.05, 0.1) is 0 Å². The number of ether oxygens (including phenoxy) is 1. The fraction of sp³-hybridized carbons (Fsp3) is 0.538. The van der Waals surface area contributed by atoms with Gasteiger partial charge in [-0.15, -0.1) is 0 Å². The molecule has 1 aromatic rings. The second kappa shape index (κ2) is 4.67. The highest BCUT2D eigenvalue weighted by Crippen LogP contribution is 2.25. The molecule has 2 nitrogen and oxygen atoms in total. The Bertz CT molecular complexity index is 335. The van der Waals surface area contributed by atoms with Crippen LogP contribution in [-0.4, -0.2) is 20.9 Å². The minimum Gasteiger partial charge on any atom is -0.364 e. The van der Waals surface area contributed by atoms with Crippen molar-refractivity contribution >= 4 is 5.69 Å². The first-order valence-electron chi connectivity index (χ1n) is 5.63. The van der Waals surface area contributed by atoms with Crippen molar-refractivity contribution in [1.82, 2.24) is 0 Å². The van der Waals surface area contributed by atoms with Crippen molar-refractivity contribution in [2.24, 2.45) is 0 Å². The Hall–Kier alpha value is -1.02. The summed E-state index contributed by atoms with van der Waals surface area (Å²) in [5, 5.41) is 0. The van der Waals surface area contributed by atoms with Crippen LogP contribution in [0.1, 0.15) is 24.0 Å². The van der Waals surface area contributed by atoms with Gasteiger partial charge >= 0.3 is 0 Å². The predicted octanol–water partition coefficient (Wildman–Crippen LogP) is 2.61. The molecule has 0 saturated heterocycles. The lowest BCUT2D eigenvalue weighted by Gasteiger charge is -2.22. The third kappa shape index (κ3) is 2.32. The van der Waals surface area contributed by atoms with Gasteiger partial charge in [-0.2, -0.15) is 0 Å². The Kier molecular flexibility index (Phi) is 3.27. The van der Waals surface area contributed by atoms with Crippen LogP contribution >= 0.6 is 0 Å². The van der Waals surface area contributed by atoms with Crippen LogP contribution in [0.5, 0.6) is 0 Å². The standard InChI is InChI=1S/C13H19NO/c1-14(10-15-2)13-8-7-11-5-3-4-6-12(11)9-13/h7-9H,3-6,10H2,1-2H3. The Morgan fingerprint density at radius 3 is 2.67 bits per heavy atom. The molecule has 0 spiro atoms. The van der Waals surface area contributed by atoms with Gasteiger partial charge in [0.25, 0.3) is 0 Å². The molecule has 0 bridgehead atoms. The quantitative estimate of drug-likeness (QED) is 0.703. The molecular weight excluding hydrogens is 186 g/mol. The topological polar surface area (TPSA) is 12.5 Å². The first-order chi connectivity index (χ1) is 7.31. The summed E-state index contributed by atoms with van der Waals surface area (Å²) in [6.45, 7) is 0.652. The van der Waals surface area contributed by atoms with Crippen LogP contribution in [0.2, 0.25) is 0 Å². The summed E-state index contributed by atoms with van der Waals surface area (Å²) in [7, 11) is 3.79. The number of methoxy groups -OCH3 is 1. The highest BCUT2D eigenvalue weighted by Gasteiger charge is 2.10. The minimum absolute atomic E-state index is 0.652. The Balaban J connectivity index is 2.20. The number of anilines is 1. The summed E-state index contributed by atoms with van der Waals surface area (Å²) in [4.78, 5) is 2.13. The van der Waals surface area contributed by atoms with E-state index in [4.69, 9.17) is 4.74 Å². The summed E-state index contributed by atoms with van der Waals surface area (Å²) in [5.41, 5.74) is 4.33. The Morgan fingerprint density at radius 1 is 1.20 bits per heavy atom. The van der Waals surface area contributed by atoms with E-state index < -0.39 is 0 Å². The summed E-state index contributed by atoms with van der Waals surface area (Å²) in [6.07, 6.45) is 5.18. The molecule has 0 aliphatic heterocycles. The molecule has 0 aromatic heterocycles. The third-order valence-electron chi connectivity index (χ3n) is 3.10. The first kappa shape index (κ1) is 10.5. The van der Waals surface area contributed by atoms with E-state index in [1.54, 1.807) is 7.11 Å². The summed E-state index contributed by atoms with van der Waals surface area (Å²) < 4.78 is 5.13. The fourth-order valence-electron chi connectivity index (χ4n) is 2.23. The second-order valence-electron chi connectivity index (χ2n) is 4.28. The maximum Gasteiger partial charge on any atom is 0.118 e. The maximum atomic E-state index is 5.13. The van der Waals surface area contributed by atoms with Crippen LogP contribution in [0, 0.1) is 0 Å². The van der Waals surface area contributed by atoms with Gasteiger partial charge in [-0.1, -0.05) is 6.07 Å². The molecule has 2 rings (SSSR count). The predicted molar refractivity (Wildman–Crippen MR) is 63.4 cm³/mol. The van der Waals surface area contributed by atoms with Crippen molar-refractivity contribution in [3.05, 3.63) is 29.3 Å². The summed E-state index contributed by atoms with van der Waals surface area (Å²) >= 11 is 0. The van der Waals surface area contributed by atoms with Crippen LogP contribution in [0.15, 0.2) is 18.2 Å². The van der Waals surface area contributed by atoms with Crippen molar-refractivity contribution in [3.8, 4) is 0 Å². The number of aryl methyl sites for hydroxylation is 2. The Morgan fingerprint density at radius 2 is 1.93 bits per heavy atom. The van der Waals surface area contributed by atoms with Gasteiger partial charge in [-0.05, 0) is 48.9 Å². The molecule has 1 aromatic carbocycles. The first-order valence-corrected chi connectivity index (χ1v) is 5.63. The SMILES string of the molecule is COCN(C)c1ccc2c(c1)CCCC2. The average Bonchev–Trinajstić information content (AvgIpc) is 2.29. The largest absolute Gasteiger partial charge is 0.364 e. The monoisotopic (exact) mass is 205 g/mol. The molecule has 1 aliphatic rings. The molecule has 0 atom stereocenters. The lowest BCUT2D eigenvalue weighted by atomic mass is 9.91. The van der Waals surface area contributed by atoms with E-state index in [1.807, 2.05) is 0 Å². The zero-order valence-electron chi connectivity index (χ0n) is 9.62. The van der Waals surface area contributed by atoms with E-state index in [1.165, 1.54) is 42.5 Å². The van der Waals surface area contributed by atoms with Crippen LogP contribution in [0.3, 0.4) is 0 Å². The lowest BCUT2D eigenvalue weighted by molar-refractivity contribution is 0.202. The average molecular weight is 205 g/mol. The number of hydrogen-bond donors (Lipinski definition) is 0. The molecule has 0 radical (unpaired) electrons. The minimum atomic E-state index is 0.652.